The second kappa shape index (κ2) is 3.01. The highest BCUT2D eigenvalue weighted by Crippen LogP contribution is 2.18. The number of hydrogen-bond donors (Lipinski definition) is 0. The van der Waals surface area contributed by atoms with Gasteiger partial charge in [0.15, 0.2) is 5.65 Å². The molecule has 4 nitrogen and oxygen atoms in total. The summed E-state index contributed by atoms with van der Waals surface area (Å²) in [5, 5.41) is 4.42. The molecule has 0 atom stereocenters. The first-order chi connectivity index (χ1) is 6.31. The smallest absolute Gasteiger partial charge is 0.183 e. The van der Waals surface area contributed by atoms with E-state index in [4.69, 9.17) is 11.6 Å². The largest absolute Gasteiger partial charge is 0.220 e. The molecule has 5 heteroatoms. The van der Waals surface area contributed by atoms with E-state index in [0.29, 0.717) is 16.5 Å². The molecule has 13 heavy (non-hydrogen) atoms. The van der Waals surface area contributed by atoms with E-state index in [1.165, 1.54) is 0 Å². The van der Waals surface area contributed by atoms with E-state index < -0.39 is 0 Å². The molecule has 64 valence electrons. The average molecular weight is 193 g/mol. The van der Waals surface area contributed by atoms with E-state index in [0.717, 1.165) is 0 Å². The minimum atomic E-state index is 0.411. The Kier molecular flexibility index (Phi) is 1.85. The van der Waals surface area contributed by atoms with Crippen molar-refractivity contribution in [2.24, 2.45) is 4.99 Å². The van der Waals surface area contributed by atoms with Crippen LogP contribution in [0.25, 0.3) is 5.65 Å². The molecular weight excluding hydrogens is 188 g/mol. The van der Waals surface area contributed by atoms with Gasteiger partial charge in [0.2, 0.25) is 0 Å². The zero-order valence-electron chi connectivity index (χ0n) is 6.61. The molecule has 0 N–H and O–H groups in total. The number of rotatable bonds is 1. The van der Waals surface area contributed by atoms with Crippen LogP contribution < -0.4 is 0 Å². The molecule has 0 radical (unpaired) electrons. The van der Waals surface area contributed by atoms with E-state index in [2.05, 4.69) is 27.5 Å². The molecule has 0 saturated carbocycles. The van der Waals surface area contributed by atoms with Crippen molar-refractivity contribution in [3.8, 4) is 0 Å². The zero-order chi connectivity index (χ0) is 9.26. The van der Waals surface area contributed by atoms with Crippen LogP contribution in [0.5, 0.6) is 0 Å². The summed E-state index contributed by atoms with van der Waals surface area (Å²) in [6, 6.07) is 1.66. The Hall–Kier alpha value is -1.64. The van der Waals surface area contributed by atoms with Gasteiger partial charge in [0, 0.05) is 6.20 Å². The number of fused-ring (bicyclic) bond motifs is 1. The third-order valence-corrected chi connectivity index (χ3v) is 1.73. The molecule has 0 aliphatic rings. The molecule has 2 heterocycles. The standard InChI is InChI=1S/C8H5ClN4/c1-2-10-6-5-11-13-4-3-7(9)12-8(6)13/h3-5H,1H2. The quantitative estimate of drug-likeness (QED) is 0.511. The van der Waals surface area contributed by atoms with E-state index >= 15 is 0 Å². The third-order valence-electron chi connectivity index (χ3n) is 1.52. The lowest BCUT2D eigenvalue weighted by molar-refractivity contribution is 0.939. The molecule has 0 bridgehead atoms. The number of aromatic nitrogens is 3. The highest BCUT2D eigenvalue weighted by atomic mass is 35.5. The molecule has 0 aliphatic carbocycles. The molecular formula is C8H5ClN4. The Morgan fingerprint density at radius 1 is 1.62 bits per heavy atom. The minimum absolute atomic E-state index is 0.411. The van der Waals surface area contributed by atoms with Gasteiger partial charge >= 0.3 is 0 Å². The van der Waals surface area contributed by atoms with Gasteiger partial charge in [0.05, 0.1) is 6.20 Å². The highest BCUT2D eigenvalue weighted by molar-refractivity contribution is 6.29. The first kappa shape index (κ1) is 7.98. The van der Waals surface area contributed by atoms with Gasteiger partial charge in [0.1, 0.15) is 10.8 Å². The van der Waals surface area contributed by atoms with Crippen LogP contribution in [0.15, 0.2) is 30.0 Å². The lowest BCUT2D eigenvalue weighted by Crippen LogP contribution is -1.87. The van der Waals surface area contributed by atoms with Crippen LogP contribution in [0.2, 0.25) is 5.15 Å². The maximum atomic E-state index is 5.72. The lowest BCUT2D eigenvalue weighted by Gasteiger charge is -1.92. The van der Waals surface area contributed by atoms with Crippen molar-refractivity contribution in [3.05, 3.63) is 30.2 Å². The minimum Gasteiger partial charge on any atom is -0.220 e. The van der Waals surface area contributed by atoms with Crippen molar-refractivity contribution < 1.29 is 0 Å². The topological polar surface area (TPSA) is 42.5 Å². The maximum absolute atomic E-state index is 5.72. The molecule has 0 saturated heterocycles. The summed E-state index contributed by atoms with van der Waals surface area (Å²) in [6.45, 7) is 3.38. The number of aliphatic imine (C=N–C) groups is 1. The van der Waals surface area contributed by atoms with Crippen molar-refractivity contribution in [3.63, 3.8) is 0 Å². The summed E-state index contributed by atoms with van der Waals surface area (Å²) in [7, 11) is 0. The van der Waals surface area contributed by atoms with E-state index in [9.17, 15) is 0 Å². The van der Waals surface area contributed by atoms with Crippen molar-refractivity contribution in [2.75, 3.05) is 0 Å². The van der Waals surface area contributed by atoms with Crippen LogP contribution in [0.1, 0.15) is 0 Å². The Bertz CT molecular complexity index is 496. The molecule has 2 rings (SSSR count). The molecule has 0 amide bonds. The van der Waals surface area contributed by atoms with E-state index in [1.807, 2.05) is 0 Å². The number of nitrogens with zero attached hydrogens (tertiary/aromatic N) is 4. The van der Waals surface area contributed by atoms with Crippen LogP contribution in [-0.2, 0) is 0 Å². The van der Waals surface area contributed by atoms with Gasteiger partial charge in [-0.05, 0) is 18.5 Å². The summed E-state index contributed by atoms with van der Waals surface area (Å²) in [5.74, 6) is 2.42. The van der Waals surface area contributed by atoms with Crippen LogP contribution in [0.3, 0.4) is 0 Å². The van der Waals surface area contributed by atoms with Crippen molar-refractivity contribution in [1.82, 2.24) is 14.6 Å². The van der Waals surface area contributed by atoms with Crippen molar-refractivity contribution in [2.45, 2.75) is 0 Å². The molecule has 2 aromatic rings. The summed E-state index contributed by atoms with van der Waals surface area (Å²) in [5.41, 5.74) is 1.21. The van der Waals surface area contributed by atoms with Gasteiger partial charge in [-0.2, -0.15) is 5.10 Å². The highest BCUT2D eigenvalue weighted by Gasteiger charge is 2.03. The van der Waals surface area contributed by atoms with Gasteiger partial charge < -0.3 is 0 Å². The Morgan fingerprint density at radius 2 is 2.46 bits per heavy atom. The molecule has 2 aromatic heterocycles. The van der Waals surface area contributed by atoms with Gasteiger partial charge in [-0.1, -0.05) is 11.6 Å². The van der Waals surface area contributed by atoms with Gasteiger partial charge in [-0.25, -0.2) is 14.5 Å². The van der Waals surface area contributed by atoms with Crippen molar-refractivity contribution >= 4 is 28.8 Å². The van der Waals surface area contributed by atoms with E-state index in [-0.39, 0.29) is 0 Å². The Balaban J connectivity index is 2.78. The molecule has 0 aromatic carbocycles. The number of halogens is 1. The van der Waals surface area contributed by atoms with Crippen molar-refractivity contribution in [1.29, 1.82) is 0 Å². The van der Waals surface area contributed by atoms with Crippen LogP contribution in [0, 0.1) is 0 Å². The fourth-order valence-electron chi connectivity index (χ4n) is 0.999. The predicted molar refractivity (Wildman–Crippen MR) is 50.7 cm³/mol. The summed E-state index contributed by atoms with van der Waals surface area (Å²) >= 11 is 5.72. The average Bonchev–Trinajstić information content (AvgIpc) is 2.49. The van der Waals surface area contributed by atoms with Crippen LogP contribution in [-0.4, -0.2) is 20.5 Å². The molecule has 0 fully saturated rings. The first-order valence-electron chi connectivity index (χ1n) is 3.54. The fraction of sp³-hybridized carbons (Fsp3) is 0. The maximum Gasteiger partial charge on any atom is 0.183 e. The summed E-state index contributed by atoms with van der Waals surface area (Å²) in [6.07, 6.45) is 3.30. The van der Waals surface area contributed by atoms with Gasteiger partial charge in [-0.3, -0.25) is 0 Å². The molecule has 0 unspecified atom stereocenters. The predicted octanol–water partition coefficient (Wildman–Crippen LogP) is 1.87. The van der Waals surface area contributed by atoms with Crippen LogP contribution >= 0.6 is 11.6 Å². The molecule has 0 aliphatic heterocycles. The second-order valence-corrected chi connectivity index (χ2v) is 2.71. The Morgan fingerprint density at radius 3 is 3.23 bits per heavy atom. The molecule has 0 spiro atoms. The Labute approximate surface area is 79.2 Å². The monoisotopic (exact) mass is 192 g/mol. The number of hydrogen-bond acceptors (Lipinski definition) is 3. The SMILES string of the molecule is C=C=Nc1cnn2ccc(Cl)nc12. The first-order valence-corrected chi connectivity index (χ1v) is 3.92. The van der Waals surface area contributed by atoms with E-state index in [1.54, 1.807) is 23.0 Å². The van der Waals surface area contributed by atoms with Gasteiger partial charge in [-0.15, -0.1) is 0 Å². The van der Waals surface area contributed by atoms with Gasteiger partial charge in [0.25, 0.3) is 0 Å². The normalized spacial score (nSPS) is 9.92. The lowest BCUT2D eigenvalue weighted by atomic mass is 10.5. The second-order valence-electron chi connectivity index (χ2n) is 2.32. The third kappa shape index (κ3) is 1.33. The van der Waals surface area contributed by atoms with Crippen LogP contribution in [0.4, 0.5) is 5.69 Å². The summed E-state index contributed by atoms with van der Waals surface area (Å²) < 4.78 is 1.59. The summed E-state index contributed by atoms with van der Waals surface area (Å²) in [4.78, 5) is 7.93. The zero-order valence-corrected chi connectivity index (χ0v) is 7.36. The fourth-order valence-corrected chi connectivity index (χ4v) is 1.14.